The van der Waals surface area contributed by atoms with Gasteiger partial charge < -0.3 is 9.64 Å². The molecular weight excluding hydrogens is 354 g/mol. The van der Waals surface area contributed by atoms with Crippen molar-refractivity contribution >= 4 is 17.5 Å². The number of methoxy groups -OCH3 is 1. The number of ether oxygens (including phenoxy) is 1. The Kier molecular flexibility index (Phi) is 6.58. The SMILES string of the molecule is C#CCC1C(=O)N(CCCN2CCN(c3ccccc3OC)CC2)C(=O)C1C. The number of amides is 2. The number of carbonyl (C=O) groups excluding carboxylic acids is 2. The molecule has 2 amide bonds. The monoisotopic (exact) mass is 383 g/mol. The Morgan fingerprint density at radius 2 is 1.82 bits per heavy atom. The number of likely N-dealkylation sites (tertiary alicyclic amines) is 1. The van der Waals surface area contributed by atoms with E-state index in [-0.39, 0.29) is 23.7 Å². The Bertz CT molecular complexity index is 750. The molecule has 1 aromatic carbocycles. The first kappa shape index (κ1) is 20.2. The van der Waals surface area contributed by atoms with Crippen LogP contribution in [0, 0.1) is 24.2 Å². The van der Waals surface area contributed by atoms with Crippen LogP contribution < -0.4 is 9.64 Å². The molecule has 2 heterocycles. The fraction of sp³-hybridized carbons (Fsp3) is 0.545. The molecule has 2 aliphatic heterocycles. The van der Waals surface area contributed by atoms with E-state index in [1.165, 1.54) is 4.90 Å². The van der Waals surface area contributed by atoms with Gasteiger partial charge in [0.2, 0.25) is 11.8 Å². The van der Waals surface area contributed by atoms with Crippen LogP contribution in [0.5, 0.6) is 5.75 Å². The Morgan fingerprint density at radius 1 is 1.11 bits per heavy atom. The lowest BCUT2D eigenvalue weighted by Crippen LogP contribution is -2.47. The highest BCUT2D eigenvalue weighted by molar-refractivity contribution is 6.05. The second-order valence-corrected chi connectivity index (χ2v) is 7.49. The zero-order valence-corrected chi connectivity index (χ0v) is 16.8. The van der Waals surface area contributed by atoms with E-state index < -0.39 is 0 Å². The maximum atomic E-state index is 12.4. The minimum Gasteiger partial charge on any atom is -0.495 e. The molecule has 2 aliphatic rings. The summed E-state index contributed by atoms with van der Waals surface area (Å²) in [5.41, 5.74) is 1.13. The van der Waals surface area contributed by atoms with E-state index in [0.29, 0.717) is 13.0 Å². The van der Waals surface area contributed by atoms with Crippen molar-refractivity contribution in [3.63, 3.8) is 0 Å². The molecule has 150 valence electrons. The second-order valence-electron chi connectivity index (χ2n) is 7.49. The molecule has 2 unspecified atom stereocenters. The molecule has 0 radical (unpaired) electrons. The molecule has 2 saturated heterocycles. The number of benzene rings is 1. The van der Waals surface area contributed by atoms with Crippen molar-refractivity contribution in [2.75, 3.05) is 51.3 Å². The Labute approximate surface area is 167 Å². The van der Waals surface area contributed by atoms with Gasteiger partial charge in [-0.05, 0) is 25.1 Å². The summed E-state index contributed by atoms with van der Waals surface area (Å²) in [6, 6.07) is 8.09. The van der Waals surface area contributed by atoms with Crippen LogP contribution in [0.2, 0.25) is 0 Å². The van der Waals surface area contributed by atoms with Crippen molar-refractivity contribution in [3.05, 3.63) is 24.3 Å². The molecule has 0 aliphatic carbocycles. The largest absolute Gasteiger partial charge is 0.495 e. The number of para-hydroxylation sites is 2. The average Bonchev–Trinajstić information content (AvgIpc) is 2.92. The standard InChI is InChI=1S/C22H29N3O3/c1-4-8-18-17(2)21(26)25(22(18)27)12-7-11-23-13-15-24(16-14-23)19-9-5-6-10-20(19)28-3/h1,5-6,9-10,17-18H,7-8,11-16H2,2-3H3. The molecule has 0 saturated carbocycles. The number of piperazine rings is 1. The van der Waals surface area contributed by atoms with Crippen LogP contribution in [-0.2, 0) is 9.59 Å². The van der Waals surface area contributed by atoms with E-state index in [2.05, 4.69) is 21.8 Å². The minimum atomic E-state index is -0.345. The van der Waals surface area contributed by atoms with Crippen molar-refractivity contribution < 1.29 is 14.3 Å². The number of carbonyl (C=O) groups is 2. The molecule has 0 aromatic heterocycles. The number of hydrogen-bond donors (Lipinski definition) is 0. The lowest BCUT2D eigenvalue weighted by Gasteiger charge is -2.36. The normalized spacial score (nSPS) is 23.2. The summed E-state index contributed by atoms with van der Waals surface area (Å²) in [7, 11) is 1.70. The van der Waals surface area contributed by atoms with Gasteiger partial charge in [0.1, 0.15) is 5.75 Å². The Hall–Kier alpha value is -2.52. The van der Waals surface area contributed by atoms with E-state index in [4.69, 9.17) is 11.2 Å². The number of rotatable bonds is 7. The summed E-state index contributed by atoms with van der Waals surface area (Å²) < 4.78 is 5.47. The van der Waals surface area contributed by atoms with Gasteiger partial charge in [0, 0.05) is 45.1 Å². The second kappa shape index (κ2) is 9.11. The number of terminal acetylenes is 1. The van der Waals surface area contributed by atoms with Gasteiger partial charge in [0.05, 0.1) is 18.7 Å². The Morgan fingerprint density at radius 3 is 2.50 bits per heavy atom. The predicted molar refractivity (Wildman–Crippen MR) is 109 cm³/mol. The van der Waals surface area contributed by atoms with Crippen molar-refractivity contribution in [2.45, 2.75) is 19.8 Å². The number of imide groups is 1. The highest BCUT2D eigenvalue weighted by Gasteiger charge is 2.43. The quantitative estimate of drug-likeness (QED) is 0.531. The summed E-state index contributed by atoms with van der Waals surface area (Å²) in [4.78, 5) is 30.9. The zero-order chi connectivity index (χ0) is 20.1. The highest BCUT2D eigenvalue weighted by atomic mass is 16.5. The molecule has 1 aromatic rings. The fourth-order valence-electron chi connectivity index (χ4n) is 4.11. The van der Waals surface area contributed by atoms with Crippen LogP contribution in [0.1, 0.15) is 19.8 Å². The lowest BCUT2D eigenvalue weighted by molar-refractivity contribution is -0.139. The van der Waals surface area contributed by atoms with Crippen LogP contribution in [-0.4, -0.2) is 68.0 Å². The first-order valence-electron chi connectivity index (χ1n) is 9.95. The summed E-state index contributed by atoms with van der Waals surface area (Å²) in [6.45, 7) is 6.94. The molecule has 0 spiro atoms. The predicted octanol–water partition coefficient (Wildman–Crippen LogP) is 1.85. The molecule has 6 heteroatoms. The van der Waals surface area contributed by atoms with E-state index >= 15 is 0 Å². The maximum absolute atomic E-state index is 12.4. The van der Waals surface area contributed by atoms with Gasteiger partial charge in [-0.25, -0.2) is 0 Å². The van der Waals surface area contributed by atoms with Crippen molar-refractivity contribution in [1.29, 1.82) is 0 Å². The molecule has 0 bridgehead atoms. The third kappa shape index (κ3) is 4.15. The van der Waals surface area contributed by atoms with Gasteiger partial charge in [-0.1, -0.05) is 19.1 Å². The van der Waals surface area contributed by atoms with E-state index in [9.17, 15) is 9.59 Å². The molecule has 3 rings (SSSR count). The topological polar surface area (TPSA) is 53.1 Å². The number of anilines is 1. The van der Waals surface area contributed by atoms with Crippen LogP contribution in [0.15, 0.2) is 24.3 Å². The van der Waals surface area contributed by atoms with Gasteiger partial charge in [-0.3, -0.25) is 19.4 Å². The molecule has 0 N–H and O–H groups in total. The van der Waals surface area contributed by atoms with Crippen molar-refractivity contribution in [3.8, 4) is 18.1 Å². The van der Waals surface area contributed by atoms with Gasteiger partial charge in [0.25, 0.3) is 0 Å². The number of nitrogens with zero attached hydrogens (tertiary/aromatic N) is 3. The van der Waals surface area contributed by atoms with Crippen LogP contribution >= 0.6 is 0 Å². The zero-order valence-electron chi connectivity index (χ0n) is 16.8. The van der Waals surface area contributed by atoms with Crippen LogP contribution in [0.25, 0.3) is 0 Å². The minimum absolute atomic E-state index is 0.0776. The van der Waals surface area contributed by atoms with Crippen LogP contribution in [0.4, 0.5) is 5.69 Å². The van der Waals surface area contributed by atoms with Crippen LogP contribution in [0.3, 0.4) is 0 Å². The molecule has 2 atom stereocenters. The van der Waals surface area contributed by atoms with E-state index in [1.54, 1.807) is 14.0 Å². The molecular formula is C22H29N3O3. The van der Waals surface area contributed by atoms with Gasteiger partial charge in [-0.15, -0.1) is 12.3 Å². The summed E-state index contributed by atoms with van der Waals surface area (Å²) >= 11 is 0. The van der Waals surface area contributed by atoms with Gasteiger partial charge in [0.15, 0.2) is 0 Å². The first-order chi connectivity index (χ1) is 13.6. The van der Waals surface area contributed by atoms with Gasteiger partial charge in [-0.2, -0.15) is 0 Å². The highest BCUT2D eigenvalue weighted by Crippen LogP contribution is 2.29. The number of hydrogen-bond acceptors (Lipinski definition) is 5. The summed E-state index contributed by atoms with van der Waals surface area (Å²) in [6.07, 6.45) is 6.48. The fourth-order valence-corrected chi connectivity index (χ4v) is 4.11. The van der Waals surface area contributed by atoms with Gasteiger partial charge >= 0.3 is 0 Å². The third-order valence-electron chi connectivity index (χ3n) is 5.83. The maximum Gasteiger partial charge on any atom is 0.234 e. The molecule has 28 heavy (non-hydrogen) atoms. The first-order valence-corrected chi connectivity index (χ1v) is 9.95. The van der Waals surface area contributed by atoms with E-state index in [1.807, 2.05) is 18.2 Å². The smallest absolute Gasteiger partial charge is 0.234 e. The summed E-state index contributed by atoms with van der Waals surface area (Å²) in [5.74, 6) is 2.60. The lowest BCUT2D eigenvalue weighted by atomic mass is 9.94. The third-order valence-corrected chi connectivity index (χ3v) is 5.83. The van der Waals surface area contributed by atoms with E-state index in [0.717, 1.165) is 50.6 Å². The Balaban J connectivity index is 1.46. The average molecular weight is 383 g/mol. The summed E-state index contributed by atoms with van der Waals surface area (Å²) in [5, 5.41) is 0. The van der Waals surface area contributed by atoms with Crippen molar-refractivity contribution in [1.82, 2.24) is 9.80 Å². The molecule has 6 nitrogen and oxygen atoms in total. The molecule has 2 fully saturated rings. The van der Waals surface area contributed by atoms with Crippen molar-refractivity contribution in [2.24, 2.45) is 11.8 Å².